The fourth-order valence-electron chi connectivity index (χ4n) is 2.35. The topological polar surface area (TPSA) is 96.5 Å². The summed E-state index contributed by atoms with van der Waals surface area (Å²) in [6.07, 6.45) is 1.39. The molecule has 28 heavy (non-hydrogen) atoms. The van der Waals surface area contributed by atoms with Crippen molar-refractivity contribution < 1.29 is 23.5 Å². The lowest BCUT2D eigenvalue weighted by Gasteiger charge is -2.16. The van der Waals surface area contributed by atoms with E-state index >= 15 is 0 Å². The van der Waals surface area contributed by atoms with Crippen LogP contribution < -0.4 is 20.7 Å². The number of halogens is 1. The van der Waals surface area contributed by atoms with Crippen molar-refractivity contribution >= 4 is 46.8 Å². The lowest BCUT2D eigenvalue weighted by Crippen LogP contribution is -2.51. The molecule has 0 aliphatic carbocycles. The molecule has 0 unspecified atom stereocenters. The van der Waals surface area contributed by atoms with Gasteiger partial charge in [0.05, 0.1) is 0 Å². The molecule has 3 amide bonds. The third-order valence-corrected chi connectivity index (χ3v) is 3.81. The fourth-order valence-corrected chi connectivity index (χ4v) is 2.53. The Hall–Kier alpha value is -3.59. The average molecular weight is 399 g/mol. The summed E-state index contributed by atoms with van der Waals surface area (Å²) >= 11 is 4.74. The summed E-state index contributed by atoms with van der Waals surface area (Å²) in [6, 6.07) is 11.9. The summed E-state index contributed by atoms with van der Waals surface area (Å²) < 4.78 is 18.3. The molecule has 0 spiro atoms. The van der Waals surface area contributed by atoms with E-state index in [-0.39, 0.29) is 17.3 Å². The zero-order valence-corrected chi connectivity index (χ0v) is 15.1. The van der Waals surface area contributed by atoms with Gasteiger partial charge in [-0.2, -0.15) is 0 Å². The average Bonchev–Trinajstić information content (AvgIpc) is 2.65. The highest BCUT2D eigenvalue weighted by Gasteiger charge is 2.25. The summed E-state index contributed by atoms with van der Waals surface area (Å²) in [5.41, 5.74) is 0.880. The molecule has 0 atom stereocenters. The Labute approximate surface area is 164 Å². The van der Waals surface area contributed by atoms with Crippen molar-refractivity contribution in [3.8, 4) is 5.75 Å². The Morgan fingerprint density at radius 3 is 2.46 bits per heavy atom. The van der Waals surface area contributed by atoms with E-state index in [1.807, 2.05) is 0 Å². The van der Waals surface area contributed by atoms with Crippen LogP contribution in [0.4, 0.5) is 10.1 Å². The summed E-state index contributed by atoms with van der Waals surface area (Å²) in [5, 5.41) is 7.22. The molecule has 2 aromatic carbocycles. The maximum absolute atomic E-state index is 12.9. The molecule has 1 saturated heterocycles. The Morgan fingerprint density at radius 1 is 1.11 bits per heavy atom. The van der Waals surface area contributed by atoms with Gasteiger partial charge >= 0.3 is 0 Å². The van der Waals surface area contributed by atoms with Gasteiger partial charge in [0.15, 0.2) is 11.7 Å². The van der Waals surface area contributed by atoms with Gasteiger partial charge < -0.3 is 10.1 Å². The van der Waals surface area contributed by atoms with Crippen molar-refractivity contribution in [1.29, 1.82) is 0 Å². The standard InChI is InChI=1S/C19H14FN3O4S/c20-12-4-6-13(7-5-12)21-16(24)10-27-14-3-1-2-11(8-14)9-15-17(25)22-19(28)23-18(15)26/h1-9H,10H2,(H,21,24)(H2,22,23,25,26,28). The maximum atomic E-state index is 12.9. The molecule has 1 heterocycles. The van der Waals surface area contributed by atoms with Gasteiger partial charge in [-0.3, -0.25) is 25.0 Å². The molecular weight excluding hydrogens is 385 g/mol. The van der Waals surface area contributed by atoms with Gasteiger partial charge in [-0.1, -0.05) is 12.1 Å². The molecule has 1 aliphatic rings. The first kappa shape index (κ1) is 19.2. The number of hydrogen-bond acceptors (Lipinski definition) is 5. The Balaban J connectivity index is 1.63. The van der Waals surface area contributed by atoms with Crippen LogP contribution in [0.25, 0.3) is 6.08 Å². The van der Waals surface area contributed by atoms with Crippen molar-refractivity contribution in [2.24, 2.45) is 0 Å². The summed E-state index contributed by atoms with van der Waals surface area (Å²) in [5.74, 6) is -1.65. The minimum atomic E-state index is -0.598. The van der Waals surface area contributed by atoms with Crippen molar-refractivity contribution in [3.63, 3.8) is 0 Å². The number of ether oxygens (including phenoxy) is 1. The zero-order chi connectivity index (χ0) is 20.1. The normalized spacial score (nSPS) is 13.5. The Kier molecular flexibility index (Phi) is 5.75. The largest absolute Gasteiger partial charge is 0.484 e. The van der Waals surface area contributed by atoms with E-state index in [1.165, 1.54) is 30.3 Å². The van der Waals surface area contributed by atoms with Crippen LogP contribution in [-0.2, 0) is 14.4 Å². The Morgan fingerprint density at radius 2 is 1.79 bits per heavy atom. The first-order valence-corrected chi connectivity index (χ1v) is 8.48. The van der Waals surface area contributed by atoms with Gasteiger partial charge in [-0.05, 0) is 60.3 Å². The second-order valence-electron chi connectivity index (χ2n) is 5.71. The van der Waals surface area contributed by atoms with E-state index in [9.17, 15) is 18.8 Å². The predicted octanol–water partition coefficient (Wildman–Crippen LogP) is 1.76. The predicted molar refractivity (Wildman–Crippen MR) is 104 cm³/mol. The zero-order valence-electron chi connectivity index (χ0n) is 14.3. The molecule has 3 rings (SSSR count). The molecule has 1 fully saturated rings. The van der Waals surface area contributed by atoms with Crippen molar-refractivity contribution in [1.82, 2.24) is 10.6 Å². The van der Waals surface area contributed by atoms with E-state index in [0.29, 0.717) is 17.0 Å². The Bertz CT molecular complexity index is 967. The van der Waals surface area contributed by atoms with Crippen LogP contribution >= 0.6 is 12.2 Å². The molecule has 9 heteroatoms. The van der Waals surface area contributed by atoms with Gasteiger partial charge in [-0.15, -0.1) is 0 Å². The quantitative estimate of drug-likeness (QED) is 0.405. The monoisotopic (exact) mass is 399 g/mol. The van der Waals surface area contributed by atoms with Gasteiger partial charge in [0.1, 0.15) is 17.1 Å². The summed E-state index contributed by atoms with van der Waals surface area (Å²) in [6.45, 7) is -0.271. The number of anilines is 1. The van der Waals surface area contributed by atoms with E-state index in [0.717, 1.165) is 0 Å². The molecule has 142 valence electrons. The molecule has 2 aromatic rings. The number of thiocarbonyl (C=S) groups is 1. The number of carbonyl (C=O) groups excluding carboxylic acids is 3. The minimum absolute atomic E-state index is 0.0450. The maximum Gasteiger partial charge on any atom is 0.263 e. The van der Waals surface area contributed by atoms with Crippen molar-refractivity contribution in [3.05, 3.63) is 65.5 Å². The highest BCUT2D eigenvalue weighted by molar-refractivity contribution is 7.80. The van der Waals surface area contributed by atoms with E-state index in [2.05, 4.69) is 16.0 Å². The summed E-state index contributed by atoms with van der Waals surface area (Å²) in [7, 11) is 0. The minimum Gasteiger partial charge on any atom is -0.484 e. The first-order valence-electron chi connectivity index (χ1n) is 8.07. The summed E-state index contributed by atoms with van der Waals surface area (Å²) in [4.78, 5) is 35.7. The van der Waals surface area contributed by atoms with Crippen LogP contribution in [-0.4, -0.2) is 29.4 Å². The second kappa shape index (κ2) is 8.40. The van der Waals surface area contributed by atoms with E-state index in [1.54, 1.807) is 24.3 Å². The third kappa shape index (κ3) is 4.98. The highest BCUT2D eigenvalue weighted by atomic mass is 32.1. The number of benzene rings is 2. The molecular formula is C19H14FN3O4S. The SMILES string of the molecule is O=C(COc1cccc(C=C2C(=O)NC(=S)NC2=O)c1)Nc1ccc(F)cc1. The van der Waals surface area contributed by atoms with Crippen molar-refractivity contribution in [2.45, 2.75) is 0 Å². The third-order valence-electron chi connectivity index (χ3n) is 3.61. The molecule has 1 aliphatic heterocycles. The number of amides is 3. The molecule has 0 bridgehead atoms. The molecule has 0 aromatic heterocycles. The molecule has 7 nitrogen and oxygen atoms in total. The van der Waals surface area contributed by atoms with Crippen LogP contribution in [0.3, 0.4) is 0 Å². The highest BCUT2D eigenvalue weighted by Crippen LogP contribution is 2.17. The second-order valence-corrected chi connectivity index (χ2v) is 6.12. The van der Waals surface area contributed by atoms with Crippen LogP contribution in [0.2, 0.25) is 0 Å². The van der Waals surface area contributed by atoms with Gasteiger partial charge in [0.2, 0.25) is 0 Å². The molecule has 0 radical (unpaired) electrons. The van der Waals surface area contributed by atoms with Gasteiger partial charge in [-0.25, -0.2) is 4.39 Å². The van der Waals surface area contributed by atoms with Gasteiger partial charge in [0.25, 0.3) is 17.7 Å². The molecule has 3 N–H and O–H groups in total. The van der Waals surface area contributed by atoms with E-state index in [4.69, 9.17) is 17.0 Å². The lowest BCUT2D eigenvalue weighted by atomic mass is 10.1. The van der Waals surface area contributed by atoms with E-state index < -0.39 is 23.5 Å². The van der Waals surface area contributed by atoms with Crippen molar-refractivity contribution in [2.75, 3.05) is 11.9 Å². The number of rotatable bonds is 5. The van der Waals surface area contributed by atoms with Crippen LogP contribution in [0.1, 0.15) is 5.56 Å². The number of nitrogens with one attached hydrogen (secondary N) is 3. The smallest absolute Gasteiger partial charge is 0.263 e. The van der Waals surface area contributed by atoms with Crippen LogP contribution in [0.5, 0.6) is 5.75 Å². The van der Waals surface area contributed by atoms with Gasteiger partial charge in [0, 0.05) is 5.69 Å². The first-order chi connectivity index (χ1) is 13.4. The molecule has 0 saturated carbocycles. The fraction of sp³-hybridized carbons (Fsp3) is 0.0526. The number of hydrogen-bond donors (Lipinski definition) is 3. The van der Waals surface area contributed by atoms with Crippen LogP contribution in [0.15, 0.2) is 54.1 Å². The number of carbonyl (C=O) groups is 3. The van der Waals surface area contributed by atoms with Crippen LogP contribution in [0, 0.1) is 5.82 Å². The lowest BCUT2D eigenvalue weighted by molar-refractivity contribution is -0.123.